The van der Waals surface area contributed by atoms with Crippen LogP contribution in [0, 0.1) is 0 Å². The van der Waals surface area contributed by atoms with Gasteiger partial charge in [0.05, 0.1) is 38.9 Å². The summed E-state index contributed by atoms with van der Waals surface area (Å²) in [6, 6.07) is 10.6. The van der Waals surface area contributed by atoms with Crippen molar-refractivity contribution in [2.45, 2.75) is 18.2 Å². The molecule has 1 heterocycles. The molecule has 3 rings (SSSR count). The maximum Gasteiger partial charge on any atom is 0.246 e. The molecule has 11 nitrogen and oxygen atoms in total. The topological polar surface area (TPSA) is 132 Å². The zero-order valence-electron chi connectivity index (χ0n) is 20.5. The Hall–Kier alpha value is -2.87. The van der Waals surface area contributed by atoms with E-state index in [1.54, 1.807) is 24.3 Å². The third kappa shape index (κ3) is 6.87. The first-order chi connectivity index (χ1) is 17.1. The molecule has 0 atom stereocenters. The quantitative estimate of drug-likeness (QED) is 0.456. The molecule has 1 fully saturated rings. The minimum Gasteiger partial charge on any atom is -0.495 e. The van der Waals surface area contributed by atoms with Gasteiger partial charge in [0.25, 0.3) is 0 Å². The van der Waals surface area contributed by atoms with E-state index in [0.717, 1.165) is 17.0 Å². The summed E-state index contributed by atoms with van der Waals surface area (Å²) >= 11 is 0. The lowest BCUT2D eigenvalue weighted by molar-refractivity contribution is -0.114. The molecule has 1 saturated heterocycles. The van der Waals surface area contributed by atoms with E-state index < -0.39 is 32.5 Å². The molecule has 0 bridgehead atoms. The van der Waals surface area contributed by atoms with E-state index in [4.69, 9.17) is 14.2 Å². The van der Waals surface area contributed by atoms with E-state index in [1.807, 2.05) is 6.92 Å². The van der Waals surface area contributed by atoms with Crippen molar-refractivity contribution in [2.75, 3.05) is 62.4 Å². The van der Waals surface area contributed by atoms with E-state index in [-0.39, 0.29) is 42.6 Å². The van der Waals surface area contributed by atoms with Gasteiger partial charge in [-0.05, 0) is 48.9 Å². The van der Waals surface area contributed by atoms with Gasteiger partial charge >= 0.3 is 0 Å². The minimum absolute atomic E-state index is 0.104. The molecule has 1 aliphatic heterocycles. The molecule has 0 saturated carbocycles. The summed E-state index contributed by atoms with van der Waals surface area (Å²) in [4.78, 5) is 12.7. The lowest BCUT2D eigenvalue weighted by Gasteiger charge is -2.27. The first kappa shape index (κ1) is 27.7. The van der Waals surface area contributed by atoms with Crippen molar-refractivity contribution in [1.82, 2.24) is 4.31 Å². The van der Waals surface area contributed by atoms with Gasteiger partial charge in [0, 0.05) is 18.8 Å². The SMILES string of the molecule is CCCOc1ccc(N(CC(=O)Nc2ccc(OC)c(S(=O)(=O)N3CCOCC3)c2)S(C)(=O)=O)cc1. The second kappa shape index (κ2) is 11.9. The Morgan fingerprint density at radius 3 is 2.33 bits per heavy atom. The Labute approximate surface area is 212 Å². The Morgan fingerprint density at radius 1 is 1.08 bits per heavy atom. The van der Waals surface area contributed by atoms with Crippen LogP contribution in [-0.2, 0) is 29.6 Å². The van der Waals surface area contributed by atoms with Gasteiger partial charge in [0.15, 0.2) is 0 Å². The predicted octanol–water partition coefficient (Wildman–Crippen LogP) is 1.91. The number of hydrogen-bond acceptors (Lipinski definition) is 8. The molecule has 1 N–H and O–H groups in total. The van der Waals surface area contributed by atoms with E-state index in [2.05, 4.69) is 5.32 Å². The second-order valence-corrected chi connectivity index (χ2v) is 11.9. The maximum atomic E-state index is 13.2. The van der Waals surface area contributed by atoms with Crippen molar-refractivity contribution in [1.29, 1.82) is 0 Å². The summed E-state index contributed by atoms with van der Waals surface area (Å²) in [5.41, 5.74) is 0.478. The highest BCUT2D eigenvalue weighted by atomic mass is 32.2. The first-order valence-electron chi connectivity index (χ1n) is 11.3. The summed E-state index contributed by atoms with van der Waals surface area (Å²) in [6.07, 6.45) is 1.83. The summed E-state index contributed by atoms with van der Waals surface area (Å²) in [6.45, 7) is 2.97. The summed E-state index contributed by atoms with van der Waals surface area (Å²) in [5, 5.41) is 2.59. The smallest absolute Gasteiger partial charge is 0.246 e. The number of nitrogens with one attached hydrogen (secondary N) is 1. The van der Waals surface area contributed by atoms with Crippen molar-refractivity contribution < 1.29 is 35.8 Å². The van der Waals surface area contributed by atoms with Crippen LogP contribution < -0.4 is 19.1 Å². The molecule has 198 valence electrons. The number of carbonyl (C=O) groups is 1. The van der Waals surface area contributed by atoms with Crippen molar-refractivity contribution >= 4 is 37.3 Å². The number of ether oxygens (including phenoxy) is 3. The van der Waals surface area contributed by atoms with Gasteiger partial charge in [-0.15, -0.1) is 0 Å². The highest BCUT2D eigenvalue weighted by molar-refractivity contribution is 7.92. The Kier molecular flexibility index (Phi) is 9.17. The number of morpholine rings is 1. The third-order valence-electron chi connectivity index (χ3n) is 5.32. The molecule has 2 aromatic carbocycles. The monoisotopic (exact) mass is 541 g/mol. The van der Waals surface area contributed by atoms with Crippen LogP contribution >= 0.6 is 0 Å². The fourth-order valence-corrected chi connectivity index (χ4v) is 5.99. The van der Waals surface area contributed by atoms with Crippen molar-refractivity contribution in [3.05, 3.63) is 42.5 Å². The van der Waals surface area contributed by atoms with Gasteiger partial charge in [0.2, 0.25) is 26.0 Å². The number of benzene rings is 2. The van der Waals surface area contributed by atoms with E-state index in [1.165, 1.54) is 29.6 Å². The number of anilines is 2. The highest BCUT2D eigenvalue weighted by Crippen LogP contribution is 2.30. The van der Waals surface area contributed by atoms with E-state index >= 15 is 0 Å². The predicted molar refractivity (Wildman–Crippen MR) is 136 cm³/mol. The standard InChI is InChI=1S/C23H31N3O8S2/c1-4-13-34-20-8-6-19(7-9-20)26(35(3,28)29)17-23(27)24-18-5-10-21(32-2)22(16-18)36(30,31)25-11-14-33-15-12-25/h5-10,16H,4,11-15,17H2,1-3H3,(H,24,27). The molecule has 0 aliphatic carbocycles. The number of nitrogens with zero attached hydrogens (tertiary/aromatic N) is 2. The molecule has 0 spiro atoms. The zero-order chi connectivity index (χ0) is 26.3. The maximum absolute atomic E-state index is 13.2. The molecule has 36 heavy (non-hydrogen) atoms. The average Bonchev–Trinajstić information content (AvgIpc) is 2.86. The molecule has 1 amide bonds. The van der Waals surface area contributed by atoms with Crippen LogP contribution in [0.25, 0.3) is 0 Å². The normalized spacial score (nSPS) is 14.8. The molecule has 13 heteroatoms. The lowest BCUT2D eigenvalue weighted by atomic mass is 10.3. The van der Waals surface area contributed by atoms with Crippen molar-refractivity contribution in [3.8, 4) is 11.5 Å². The van der Waals surface area contributed by atoms with Gasteiger partial charge in [-0.1, -0.05) is 6.92 Å². The van der Waals surface area contributed by atoms with Crippen LogP contribution in [0.15, 0.2) is 47.4 Å². The van der Waals surface area contributed by atoms with Crippen molar-refractivity contribution in [2.24, 2.45) is 0 Å². The summed E-state index contributed by atoms with van der Waals surface area (Å²) in [5.74, 6) is 0.0694. The number of carbonyl (C=O) groups excluding carboxylic acids is 1. The summed E-state index contributed by atoms with van der Waals surface area (Å²) < 4.78 is 69.4. The number of sulfonamides is 2. The zero-order valence-corrected chi connectivity index (χ0v) is 22.1. The van der Waals surface area contributed by atoms with Crippen LogP contribution in [0.5, 0.6) is 11.5 Å². The molecular formula is C23H31N3O8S2. The number of rotatable bonds is 11. The van der Waals surface area contributed by atoms with Gasteiger partial charge in [-0.3, -0.25) is 9.10 Å². The average molecular weight is 542 g/mol. The van der Waals surface area contributed by atoms with Crippen LogP contribution in [0.2, 0.25) is 0 Å². The van der Waals surface area contributed by atoms with Gasteiger partial charge in [0.1, 0.15) is 22.9 Å². The first-order valence-corrected chi connectivity index (χ1v) is 14.6. The minimum atomic E-state index is -3.90. The molecular weight excluding hydrogens is 510 g/mol. The third-order valence-corrected chi connectivity index (χ3v) is 8.38. The van der Waals surface area contributed by atoms with Crippen LogP contribution in [0.4, 0.5) is 11.4 Å². The molecule has 0 unspecified atom stereocenters. The Bertz CT molecular complexity index is 1260. The Balaban J connectivity index is 1.80. The lowest BCUT2D eigenvalue weighted by Crippen LogP contribution is -2.40. The number of hydrogen-bond donors (Lipinski definition) is 1. The van der Waals surface area contributed by atoms with E-state index in [0.29, 0.717) is 18.0 Å². The van der Waals surface area contributed by atoms with Gasteiger partial charge in [-0.25, -0.2) is 16.8 Å². The van der Waals surface area contributed by atoms with Crippen molar-refractivity contribution in [3.63, 3.8) is 0 Å². The molecule has 2 aromatic rings. The number of methoxy groups -OCH3 is 1. The van der Waals surface area contributed by atoms with Crippen LogP contribution in [0.1, 0.15) is 13.3 Å². The molecule has 1 aliphatic rings. The van der Waals surface area contributed by atoms with Crippen LogP contribution in [-0.4, -0.2) is 79.9 Å². The fourth-order valence-electron chi connectivity index (χ4n) is 3.54. The molecule has 0 aromatic heterocycles. The van der Waals surface area contributed by atoms with Crippen LogP contribution in [0.3, 0.4) is 0 Å². The Morgan fingerprint density at radius 2 is 1.75 bits per heavy atom. The number of amides is 1. The highest BCUT2D eigenvalue weighted by Gasteiger charge is 2.30. The summed E-state index contributed by atoms with van der Waals surface area (Å²) in [7, 11) is -6.34. The second-order valence-electron chi connectivity index (χ2n) is 8.04. The van der Waals surface area contributed by atoms with Gasteiger partial charge < -0.3 is 19.5 Å². The fraction of sp³-hybridized carbons (Fsp3) is 0.435. The molecule has 0 radical (unpaired) electrons. The largest absolute Gasteiger partial charge is 0.495 e. The van der Waals surface area contributed by atoms with E-state index in [9.17, 15) is 21.6 Å². The van der Waals surface area contributed by atoms with Gasteiger partial charge in [-0.2, -0.15) is 4.31 Å².